The summed E-state index contributed by atoms with van der Waals surface area (Å²) < 4.78 is 0. The molecule has 0 aromatic carbocycles. The summed E-state index contributed by atoms with van der Waals surface area (Å²) >= 11 is 0. The highest BCUT2D eigenvalue weighted by atomic mass is 15.3. The van der Waals surface area contributed by atoms with E-state index < -0.39 is 0 Å². The number of hydrogen-bond donors (Lipinski definition) is 3. The average Bonchev–Trinajstić information content (AvgIpc) is 3.04. The first-order valence-electron chi connectivity index (χ1n) is 10.9. The summed E-state index contributed by atoms with van der Waals surface area (Å²) in [5.74, 6) is 1.73. The third-order valence-electron chi connectivity index (χ3n) is 5.12. The van der Waals surface area contributed by atoms with Gasteiger partial charge in [-0.3, -0.25) is 15.0 Å². The second-order valence-corrected chi connectivity index (χ2v) is 8.00. The molecule has 176 valence electrons. The number of likely N-dealkylation sites (tertiary alicyclic amines) is 1. The van der Waals surface area contributed by atoms with Crippen LogP contribution in [0.1, 0.15) is 33.6 Å². The smallest absolute Gasteiger partial charge is 0.134 e. The number of rotatable bonds is 10. The summed E-state index contributed by atoms with van der Waals surface area (Å²) in [5, 5.41) is 6.32. The van der Waals surface area contributed by atoms with Gasteiger partial charge in [0.15, 0.2) is 0 Å². The van der Waals surface area contributed by atoms with Crippen LogP contribution in [0.4, 0.5) is 0 Å². The number of aliphatic imine (C=N–C) groups is 4. The molecule has 4 N–H and O–H groups in total. The zero-order valence-corrected chi connectivity index (χ0v) is 20.6. The lowest BCUT2D eigenvalue weighted by atomic mass is 9.87. The zero-order valence-electron chi connectivity index (χ0n) is 20.6. The third kappa shape index (κ3) is 7.92. The van der Waals surface area contributed by atoms with Gasteiger partial charge in [-0.05, 0) is 19.5 Å². The Morgan fingerprint density at radius 1 is 1.25 bits per heavy atom. The van der Waals surface area contributed by atoms with E-state index in [4.69, 9.17) is 5.73 Å². The van der Waals surface area contributed by atoms with Crippen LogP contribution in [0.15, 0.2) is 67.9 Å². The topological polar surface area (TPSA) is 103 Å². The highest BCUT2D eigenvalue weighted by molar-refractivity contribution is 6.14. The Bertz CT molecular complexity index is 825. The van der Waals surface area contributed by atoms with Crippen LogP contribution in [0.5, 0.6) is 0 Å². The summed E-state index contributed by atoms with van der Waals surface area (Å²) in [6.45, 7) is 7.32. The van der Waals surface area contributed by atoms with Crippen molar-refractivity contribution < 1.29 is 0 Å². The van der Waals surface area contributed by atoms with E-state index in [0.29, 0.717) is 11.7 Å². The van der Waals surface area contributed by atoms with E-state index in [9.17, 15) is 0 Å². The molecule has 0 unspecified atom stereocenters. The maximum Gasteiger partial charge on any atom is 0.134 e. The SMILES string of the molecule is CCC[C@@H](/C=C/C=C\C(=NC)N1CC(C)(C)/C(=C/N=CN/C(C=NC)=C/N)C1=NC)NC. The molecule has 8 nitrogen and oxygen atoms in total. The van der Waals surface area contributed by atoms with Crippen LogP contribution in [0.2, 0.25) is 0 Å². The quantitative estimate of drug-likeness (QED) is 0.276. The molecule has 0 aromatic rings. The molecule has 1 fully saturated rings. The normalized spacial score (nSPS) is 21.4. The standard InChI is InChI=1S/C24H40N8/c1-8-11-19(27-5)12-9-10-13-22(28-6)32-17-24(2,3)21(23(32)29-7)16-30-18-31-20(14-25)15-26-4/h9-10,12-16,18-19,27H,8,11,17,25H2,1-7H3,(H,30,31)/b12-9+,13-10-,20-14+,21-16+,26-15?,28-22?,29-23?/t19-/m0/s1. The summed E-state index contributed by atoms with van der Waals surface area (Å²) in [4.78, 5) is 19.5. The predicted molar refractivity (Wildman–Crippen MR) is 140 cm³/mol. The first-order valence-corrected chi connectivity index (χ1v) is 10.9. The molecule has 0 saturated carbocycles. The van der Waals surface area contributed by atoms with Gasteiger partial charge < -0.3 is 21.3 Å². The molecule has 8 heteroatoms. The van der Waals surface area contributed by atoms with Crippen LogP contribution in [0.3, 0.4) is 0 Å². The van der Waals surface area contributed by atoms with E-state index in [1.807, 2.05) is 25.4 Å². The molecule has 0 amide bonds. The zero-order chi connectivity index (χ0) is 24.0. The van der Waals surface area contributed by atoms with E-state index in [0.717, 1.165) is 36.6 Å². The first-order chi connectivity index (χ1) is 15.4. The highest BCUT2D eigenvalue weighted by Crippen LogP contribution is 2.36. The fraction of sp³-hybridized carbons (Fsp3) is 0.500. The molecule has 1 saturated heterocycles. The van der Waals surface area contributed by atoms with Gasteiger partial charge in [0.25, 0.3) is 0 Å². The Balaban J connectivity index is 3.03. The van der Waals surface area contributed by atoms with E-state index in [-0.39, 0.29) is 5.41 Å². The molecular formula is C24H40N8. The molecule has 0 bridgehead atoms. The monoisotopic (exact) mass is 440 g/mol. The summed E-state index contributed by atoms with van der Waals surface area (Å²) in [7, 11) is 7.27. The fourth-order valence-electron chi connectivity index (χ4n) is 3.43. The Morgan fingerprint density at radius 3 is 2.56 bits per heavy atom. The maximum atomic E-state index is 5.56. The average molecular weight is 441 g/mol. The number of likely N-dealkylation sites (N-methyl/N-ethyl adjacent to an activating group) is 1. The van der Waals surface area contributed by atoms with E-state index in [1.165, 1.54) is 6.20 Å². The lowest BCUT2D eigenvalue weighted by Gasteiger charge is -2.20. The number of nitrogens with two attached hydrogens (primary N) is 1. The van der Waals surface area contributed by atoms with Crippen molar-refractivity contribution in [2.24, 2.45) is 31.1 Å². The Morgan fingerprint density at radius 2 is 2.00 bits per heavy atom. The van der Waals surface area contributed by atoms with Crippen molar-refractivity contribution in [2.45, 2.75) is 39.7 Å². The number of nitrogens with zero attached hydrogens (tertiary/aromatic N) is 5. The molecule has 0 aliphatic carbocycles. The van der Waals surface area contributed by atoms with Gasteiger partial charge in [0, 0.05) is 63.3 Å². The van der Waals surface area contributed by atoms with Crippen molar-refractivity contribution in [1.29, 1.82) is 0 Å². The molecule has 1 aliphatic rings. The van der Waals surface area contributed by atoms with Gasteiger partial charge in [-0.15, -0.1) is 0 Å². The Hall–Kier alpha value is -3.00. The van der Waals surface area contributed by atoms with Crippen LogP contribution in [-0.2, 0) is 0 Å². The second kappa shape index (κ2) is 14.1. The molecule has 0 spiro atoms. The summed E-state index contributed by atoms with van der Waals surface area (Å²) in [5.41, 5.74) is 7.14. The molecular weight excluding hydrogens is 400 g/mol. The second-order valence-electron chi connectivity index (χ2n) is 8.00. The van der Waals surface area contributed by atoms with Gasteiger partial charge >= 0.3 is 0 Å². The number of hydrogen-bond acceptors (Lipinski definition) is 6. The molecule has 1 rings (SSSR count). The van der Waals surface area contributed by atoms with Gasteiger partial charge in [0.1, 0.15) is 11.7 Å². The minimum Gasteiger partial charge on any atom is -0.403 e. The fourth-order valence-corrected chi connectivity index (χ4v) is 3.43. The minimum atomic E-state index is -0.137. The van der Waals surface area contributed by atoms with E-state index in [1.54, 1.807) is 33.7 Å². The molecule has 1 atom stereocenters. The van der Waals surface area contributed by atoms with E-state index >= 15 is 0 Å². The van der Waals surface area contributed by atoms with Crippen LogP contribution < -0.4 is 16.4 Å². The van der Waals surface area contributed by atoms with Crippen LogP contribution in [-0.4, -0.2) is 69.9 Å². The highest BCUT2D eigenvalue weighted by Gasteiger charge is 2.40. The minimum absolute atomic E-state index is 0.137. The molecule has 32 heavy (non-hydrogen) atoms. The predicted octanol–water partition coefficient (Wildman–Crippen LogP) is 2.89. The lowest BCUT2D eigenvalue weighted by molar-refractivity contribution is 0.424. The molecule has 0 aromatic heterocycles. The number of amidine groups is 2. The van der Waals surface area contributed by atoms with Gasteiger partial charge in [0.2, 0.25) is 0 Å². The van der Waals surface area contributed by atoms with Crippen LogP contribution in [0, 0.1) is 5.41 Å². The third-order valence-corrected chi connectivity index (χ3v) is 5.12. The van der Waals surface area contributed by atoms with Crippen LogP contribution >= 0.6 is 0 Å². The molecule has 1 heterocycles. The van der Waals surface area contributed by atoms with Crippen molar-refractivity contribution in [3.8, 4) is 0 Å². The Labute approximate surface area is 193 Å². The van der Waals surface area contributed by atoms with Crippen molar-refractivity contribution in [3.63, 3.8) is 0 Å². The summed E-state index contributed by atoms with van der Waals surface area (Å²) in [6, 6.07) is 0.379. The molecule has 0 radical (unpaired) electrons. The van der Waals surface area contributed by atoms with Crippen molar-refractivity contribution in [3.05, 3.63) is 48.0 Å². The number of allylic oxidation sites excluding steroid dienone is 3. The van der Waals surface area contributed by atoms with Gasteiger partial charge in [-0.1, -0.05) is 45.4 Å². The van der Waals surface area contributed by atoms with Crippen molar-refractivity contribution in [2.75, 3.05) is 34.7 Å². The lowest BCUT2D eigenvalue weighted by Crippen LogP contribution is -2.32. The first kappa shape index (κ1) is 27.0. The summed E-state index contributed by atoms with van der Waals surface area (Å²) in [6.07, 6.45) is 17.1. The maximum absolute atomic E-state index is 5.56. The van der Waals surface area contributed by atoms with Gasteiger partial charge in [-0.2, -0.15) is 0 Å². The largest absolute Gasteiger partial charge is 0.403 e. The van der Waals surface area contributed by atoms with Crippen LogP contribution in [0.25, 0.3) is 0 Å². The number of nitrogens with one attached hydrogen (secondary N) is 2. The van der Waals surface area contributed by atoms with Crippen molar-refractivity contribution >= 4 is 24.2 Å². The van der Waals surface area contributed by atoms with Gasteiger partial charge in [0.05, 0.1) is 12.0 Å². The molecule has 1 aliphatic heterocycles. The Kier molecular flexibility index (Phi) is 11.9. The van der Waals surface area contributed by atoms with E-state index in [2.05, 4.69) is 68.4 Å². The van der Waals surface area contributed by atoms with Gasteiger partial charge in [-0.25, -0.2) is 4.99 Å². The van der Waals surface area contributed by atoms with Crippen molar-refractivity contribution in [1.82, 2.24) is 15.5 Å².